The number of nitrogens with zero attached hydrogens (tertiary/aromatic N) is 1. The molecule has 130 valence electrons. The number of hydrogen-bond donors (Lipinski definition) is 1. The van der Waals surface area contributed by atoms with Crippen LogP contribution < -0.4 is 19.7 Å². The van der Waals surface area contributed by atoms with Gasteiger partial charge < -0.3 is 19.7 Å². The summed E-state index contributed by atoms with van der Waals surface area (Å²) in [5.74, 6) is 1.12. The summed E-state index contributed by atoms with van der Waals surface area (Å²) in [5, 5.41) is 2.83. The van der Waals surface area contributed by atoms with Crippen LogP contribution in [0.5, 0.6) is 11.5 Å². The number of rotatable bonds is 6. The minimum Gasteiger partial charge on any atom is -0.494 e. The monoisotopic (exact) mass is 340 g/mol. The average Bonchev–Trinajstić information content (AvgIpc) is 2.63. The number of anilines is 2. The molecule has 0 radical (unpaired) electrons. The van der Waals surface area contributed by atoms with Gasteiger partial charge in [-0.15, -0.1) is 0 Å². The molecule has 1 aliphatic heterocycles. The van der Waals surface area contributed by atoms with E-state index in [1.165, 1.54) is 0 Å². The molecule has 1 aliphatic rings. The molecule has 0 aliphatic carbocycles. The van der Waals surface area contributed by atoms with E-state index in [0.717, 1.165) is 5.75 Å². The second-order valence-electron chi connectivity index (χ2n) is 5.56. The van der Waals surface area contributed by atoms with Gasteiger partial charge >= 0.3 is 0 Å². The summed E-state index contributed by atoms with van der Waals surface area (Å²) in [6, 6.07) is 14.5. The molecule has 0 bridgehead atoms. The van der Waals surface area contributed by atoms with Crippen molar-refractivity contribution in [1.82, 2.24) is 0 Å². The van der Waals surface area contributed by atoms with Gasteiger partial charge in [0, 0.05) is 18.7 Å². The molecular formula is C19H20N2O4. The number of ether oxygens (including phenoxy) is 2. The van der Waals surface area contributed by atoms with E-state index in [-0.39, 0.29) is 24.8 Å². The Bertz CT molecular complexity index is 758. The summed E-state index contributed by atoms with van der Waals surface area (Å²) >= 11 is 0. The highest BCUT2D eigenvalue weighted by molar-refractivity contribution is 5.99. The van der Waals surface area contributed by atoms with E-state index in [1.54, 1.807) is 29.2 Å². The fraction of sp³-hybridized carbons (Fsp3) is 0.263. The summed E-state index contributed by atoms with van der Waals surface area (Å²) in [6.45, 7) is 2.82. The Morgan fingerprint density at radius 1 is 1.20 bits per heavy atom. The fourth-order valence-electron chi connectivity index (χ4n) is 2.64. The summed E-state index contributed by atoms with van der Waals surface area (Å²) < 4.78 is 10.8. The van der Waals surface area contributed by atoms with Crippen molar-refractivity contribution in [1.29, 1.82) is 0 Å². The van der Waals surface area contributed by atoms with Crippen molar-refractivity contribution in [2.24, 2.45) is 0 Å². The molecular weight excluding hydrogens is 320 g/mol. The molecule has 0 saturated carbocycles. The highest BCUT2D eigenvalue weighted by atomic mass is 16.5. The third kappa shape index (κ3) is 4.09. The van der Waals surface area contributed by atoms with Crippen LogP contribution in [0, 0.1) is 0 Å². The zero-order valence-corrected chi connectivity index (χ0v) is 14.0. The van der Waals surface area contributed by atoms with Crippen LogP contribution in [0.25, 0.3) is 0 Å². The van der Waals surface area contributed by atoms with Gasteiger partial charge in [-0.1, -0.05) is 12.1 Å². The quantitative estimate of drug-likeness (QED) is 0.878. The van der Waals surface area contributed by atoms with Crippen LogP contribution in [0.3, 0.4) is 0 Å². The summed E-state index contributed by atoms with van der Waals surface area (Å²) in [7, 11) is 0. The minimum atomic E-state index is -0.152. The van der Waals surface area contributed by atoms with Crippen molar-refractivity contribution >= 4 is 23.2 Å². The summed E-state index contributed by atoms with van der Waals surface area (Å²) in [5.41, 5.74) is 1.40. The lowest BCUT2D eigenvalue weighted by Gasteiger charge is -2.29. The maximum absolute atomic E-state index is 12.2. The van der Waals surface area contributed by atoms with Crippen molar-refractivity contribution < 1.29 is 19.1 Å². The van der Waals surface area contributed by atoms with Crippen molar-refractivity contribution in [3.63, 3.8) is 0 Å². The standard InChI is InChI=1S/C19H20N2O4/c1-2-24-15-9-7-14(8-10-15)20-18(22)11-12-21-16-5-3-4-6-17(16)25-13-19(21)23/h3-10H,2,11-13H2,1H3,(H,20,22). The zero-order valence-electron chi connectivity index (χ0n) is 14.0. The molecule has 6 heteroatoms. The fourth-order valence-corrected chi connectivity index (χ4v) is 2.64. The molecule has 0 saturated heterocycles. The first-order chi connectivity index (χ1) is 12.2. The lowest BCUT2D eigenvalue weighted by atomic mass is 10.2. The highest BCUT2D eigenvalue weighted by Gasteiger charge is 2.25. The van der Waals surface area contributed by atoms with Crippen molar-refractivity contribution in [3.8, 4) is 11.5 Å². The van der Waals surface area contributed by atoms with Crippen LogP contribution in [0.15, 0.2) is 48.5 Å². The van der Waals surface area contributed by atoms with Gasteiger partial charge in [-0.25, -0.2) is 0 Å². The Kier molecular flexibility index (Phi) is 5.18. The average molecular weight is 340 g/mol. The van der Waals surface area contributed by atoms with Gasteiger partial charge in [0.25, 0.3) is 5.91 Å². The van der Waals surface area contributed by atoms with E-state index >= 15 is 0 Å². The van der Waals surface area contributed by atoms with Gasteiger partial charge in [-0.2, -0.15) is 0 Å². The Balaban J connectivity index is 1.58. The normalized spacial score (nSPS) is 13.0. The number of carbonyl (C=O) groups is 2. The van der Waals surface area contributed by atoms with Gasteiger partial charge in [0.05, 0.1) is 12.3 Å². The number of para-hydroxylation sites is 2. The van der Waals surface area contributed by atoms with Crippen LogP contribution in [-0.2, 0) is 9.59 Å². The highest BCUT2D eigenvalue weighted by Crippen LogP contribution is 2.31. The molecule has 1 N–H and O–H groups in total. The van der Waals surface area contributed by atoms with Crippen molar-refractivity contribution in [2.45, 2.75) is 13.3 Å². The molecule has 25 heavy (non-hydrogen) atoms. The first kappa shape index (κ1) is 16.8. The third-order valence-corrected chi connectivity index (χ3v) is 3.82. The number of benzene rings is 2. The molecule has 0 fully saturated rings. The Morgan fingerprint density at radius 2 is 1.96 bits per heavy atom. The van der Waals surface area contributed by atoms with Crippen molar-refractivity contribution in [2.75, 3.05) is 30.0 Å². The SMILES string of the molecule is CCOc1ccc(NC(=O)CCN2C(=O)COc3ccccc32)cc1. The Labute approximate surface area is 146 Å². The lowest BCUT2D eigenvalue weighted by molar-refractivity contribution is -0.121. The van der Waals surface area contributed by atoms with E-state index < -0.39 is 0 Å². The second kappa shape index (κ2) is 7.70. The largest absolute Gasteiger partial charge is 0.494 e. The molecule has 6 nitrogen and oxygen atoms in total. The Hall–Kier alpha value is -3.02. The zero-order chi connectivity index (χ0) is 17.6. The third-order valence-electron chi connectivity index (χ3n) is 3.82. The number of fused-ring (bicyclic) bond motifs is 1. The van der Waals surface area contributed by atoms with Gasteiger partial charge in [-0.3, -0.25) is 9.59 Å². The molecule has 1 heterocycles. The maximum Gasteiger partial charge on any atom is 0.265 e. The smallest absolute Gasteiger partial charge is 0.265 e. The number of amides is 2. The van der Waals surface area contributed by atoms with Crippen LogP contribution >= 0.6 is 0 Å². The topological polar surface area (TPSA) is 67.9 Å². The number of nitrogens with one attached hydrogen (secondary N) is 1. The molecule has 2 aromatic carbocycles. The number of hydrogen-bond acceptors (Lipinski definition) is 4. The predicted molar refractivity (Wildman–Crippen MR) is 95.1 cm³/mol. The van der Waals surface area contributed by atoms with Crippen LogP contribution in [0.4, 0.5) is 11.4 Å². The minimum absolute atomic E-state index is 0.00246. The van der Waals surface area contributed by atoms with E-state index in [9.17, 15) is 9.59 Å². The van der Waals surface area contributed by atoms with E-state index in [2.05, 4.69) is 5.32 Å². The second-order valence-corrected chi connectivity index (χ2v) is 5.56. The van der Waals surface area contributed by atoms with Gasteiger partial charge in [0.2, 0.25) is 5.91 Å². The van der Waals surface area contributed by atoms with E-state index in [4.69, 9.17) is 9.47 Å². The molecule has 0 atom stereocenters. The van der Waals surface area contributed by atoms with E-state index in [1.807, 2.05) is 31.2 Å². The molecule has 0 aromatic heterocycles. The maximum atomic E-state index is 12.2. The first-order valence-electron chi connectivity index (χ1n) is 8.22. The predicted octanol–water partition coefficient (Wildman–Crippen LogP) is 2.84. The number of carbonyl (C=O) groups excluding carboxylic acids is 2. The van der Waals surface area contributed by atoms with Crippen LogP contribution in [-0.4, -0.2) is 31.6 Å². The van der Waals surface area contributed by atoms with Crippen LogP contribution in [0.1, 0.15) is 13.3 Å². The molecule has 0 unspecified atom stereocenters. The lowest BCUT2D eigenvalue weighted by Crippen LogP contribution is -2.40. The van der Waals surface area contributed by atoms with Crippen LogP contribution in [0.2, 0.25) is 0 Å². The van der Waals surface area contributed by atoms with Crippen molar-refractivity contribution in [3.05, 3.63) is 48.5 Å². The van der Waals surface area contributed by atoms with Gasteiger partial charge in [-0.05, 0) is 43.3 Å². The Morgan fingerprint density at radius 3 is 2.72 bits per heavy atom. The first-order valence-corrected chi connectivity index (χ1v) is 8.22. The molecule has 2 amide bonds. The van der Waals surface area contributed by atoms with Gasteiger partial charge in [0.15, 0.2) is 6.61 Å². The van der Waals surface area contributed by atoms with E-state index in [0.29, 0.717) is 30.3 Å². The van der Waals surface area contributed by atoms with Gasteiger partial charge in [0.1, 0.15) is 11.5 Å². The molecule has 3 rings (SSSR count). The molecule has 2 aromatic rings. The summed E-state index contributed by atoms with van der Waals surface area (Å²) in [6.07, 6.45) is 0.202. The molecule has 0 spiro atoms. The summed E-state index contributed by atoms with van der Waals surface area (Å²) in [4.78, 5) is 25.8.